The third kappa shape index (κ3) is 1.58. The van der Waals surface area contributed by atoms with Gasteiger partial charge in [0, 0.05) is 4.88 Å². The summed E-state index contributed by atoms with van der Waals surface area (Å²) in [6, 6.07) is 1.95. The van der Waals surface area contributed by atoms with E-state index in [1.54, 1.807) is 11.3 Å². The Morgan fingerprint density at radius 3 is 2.71 bits per heavy atom. The van der Waals surface area contributed by atoms with Crippen LogP contribution in [0.3, 0.4) is 0 Å². The smallest absolute Gasteiger partial charge is 0.118 e. The first kappa shape index (κ1) is 9.76. The van der Waals surface area contributed by atoms with Crippen molar-refractivity contribution in [1.29, 1.82) is 0 Å². The first-order valence-corrected chi connectivity index (χ1v) is 5.86. The normalized spacial score (nSPS) is 13.1. The zero-order valence-electron chi connectivity index (χ0n) is 7.89. The van der Waals surface area contributed by atoms with Gasteiger partial charge in [-0.3, -0.25) is 0 Å². The van der Waals surface area contributed by atoms with E-state index < -0.39 is 6.10 Å². The molecule has 5 heteroatoms. The first-order valence-electron chi connectivity index (χ1n) is 4.21. The molecule has 1 N–H and O–H groups in total. The second-order valence-electron chi connectivity index (χ2n) is 3.06. The van der Waals surface area contributed by atoms with Crippen LogP contribution in [0.1, 0.15) is 27.1 Å². The number of aryl methyl sites for hydroxylation is 2. The van der Waals surface area contributed by atoms with Crippen molar-refractivity contribution < 1.29 is 5.11 Å². The van der Waals surface area contributed by atoms with E-state index in [0.717, 1.165) is 21.0 Å². The quantitative estimate of drug-likeness (QED) is 0.854. The minimum Gasteiger partial charge on any atom is -0.383 e. The molecule has 0 aliphatic rings. The molecule has 0 bridgehead atoms. The van der Waals surface area contributed by atoms with E-state index in [4.69, 9.17) is 0 Å². The number of aliphatic hydroxyl groups excluding tert-OH is 1. The maximum absolute atomic E-state index is 10.1. The molecule has 74 valence electrons. The fourth-order valence-electron chi connectivity index (χ4n) is 1.31. The lowest BCUT2D eigenvalue weighted by molar-refractivity contribution is 0.223. The molecule has 0 fully saturated rings. The van der Waals surface area contributed by atoms with Crippen LogP contribution in [-0.4, -0.2) is 14.7 Å². The van der Waals surface area contributed by atoms with Crippen molar-refractivity contribution >= 4 is 22.9 Å². The van der Waals surface area contributed by atoms with Gasteiger partial charge in [-0.1, -0.05) is 4.49 Å². The number of nitrogens with zero attached hydrogens (tertiary/aromatic N) is 2. The molecule has 0 spiro atoms. The molecule has 0 aromatic carbocycles. The molecule has 2 aromatic heterocycles. The van der Waals surface area contributed by atoms with Crippen molar-refractivity contribution in [3.8, 4) is 0 Å². The Morgan fingerprint density at radius 2 is 2.21 bits per heavy atom. The molecule has 2 heterocycles. The summed E-state index contributed by atoms with van der Waals surface area (Å²) in [4.78, 5) is 1.98. The van der Waals surface area contributed by atoms with Gasteiger partial charge in [0.2, 0.25) is 0 Å². The highest BCUT2D eigenvalue weighted by atomic mass is 32.1. The number of aromatic nitrogens is 2. The third-order valence-electron chi connectivity index (χ3n) is 2.13. The van der Waals surface area contributed by atoms with Crippen molar-refractivity contribution in [1.82, 2.24) is 9.59 Å². The molecular formula is C9H10N2OS2. The average Bonchev–Trinajstić information content (AvgIpc) is 2.73. The van der Waals surface area contributed by atoms with Gasteiger partial charge < -0.3 is 5.11 Å². The lowest BCUT2D eigenvalue weighted by Gasteiger charge is -2.07. The van der Waals surface area contributed by atoms with Gasteiger partial charge in [0.25, 0.3) is 0 Å². The Bertz CT molecular complexity index is 395. The summed E-state index contributed by atoms with van der Waals surface area (Å²) in [6.45, 7) is 3.87. The molecule has 0 radical (unpaired) electrons. The summed E-state index contributed by atoms with van der Waals surface area (Å²) < 4.78 is 3.82. The van der Waals surface area contributed by atoms with Crippen molar-refractivity contribution in [2.24, 2.45) is 0 Å². The fourth-order valence-corrected chi connectivity index (χ4v) is 2.69. The molecular weight excluding hydrogens is 216 g/mol. The number of thiophene rings is 1. The van der Waals surface area contributed by atoms with Gasteiger partial charge in [0.1, 0.15) is 6.10 Å². The summed E-state index contributed by atoms with van der Waals surface area (Å²) in [6.07, 6.45) is -0.568. The Kier molecular flexibility index (Phi) is 2.62. The standard InChI is InChI=1S/C9H10N2OS2/c1-5-9(14-11-10-5)8(12)7-3-4-13-6(7)2/h3-4,8,12H,1-2H3. The first-order chi connectivity index (χ1) is 6.70. The van der Waals surface area contributed by atoms with Crippen LogP contribution < -0.4 is 0 Å². The van der Waals surface area contributed by atoms with Crippen molar-refractivity contribution in [2.75, 3.05) is 0 Å². The van der Waals surface area contributed by atoms with Crippen LogP contribution in [0.4, 0.5) is 0 Å². The lowest BCUT2D eigenvalue weighted by atomic mass is 10.1. The van der Waals surface area contributed by atoms with Crippen LogP contribution in [-0.2, 0) is 0 Å². The number of aliphatic hydroxyl groups is 1. The topological polar surface area (TPSA) is 46.0 Å². The predicted octanol–water partition coefficient (Wildman–Crippen LogP) is 2.30. The predicted molar refractivity (Wildman–Crippen MR) is 57.8 cm³/mol. The highest BCUT2D eigenvalue weighted by Crippen LogP contribution is 2.30. The summed E-state index contributed by atoms with van der Waals surface area (Å²) in [5.41, 5.74) is 1.78. The number of hydrogen-bond acceptors (Lipinski definition) is 5. The average molecular weight is 226 g/mol. The molecule has 0 aliphatic heterocycles. The molecule has 3 nitrogen and oxygen atoms in total. The SMILES string of the molecule is Cc1nnsc1C(O)c1ccsc1C. The van der Waals surface area contributed by atoms with Crippen molar-refractivity contribution in [2.45, 2.75) is 20.0 Å². The summed E-state index contributed by atoms with van der Waals surface area (Å²) >= 11 is 2.90. The van der Waals surface area contributed by atoms with Gasteiger partial charge in [-0.25, -0.2) is 0 Å². The van der Waals surface area contributed by atoms with E-state index in [-0.39, 0.29) is 0 Å². The second-order valence-corrected chi connectivity index (χ2v) is 4.96. The summed E-state index contributed by atoms with van der Waals surface area (Å²) in [5.74, 6) is 0. The van der Waals surface area contributed by atoms with E-state index in [0.29, 0.717) is 0 Å². The van der Waals surface area contributed by atoms with Crippen LogP contribution >= 0.6 is 22.9 Å². The molecule has 0 saturated heterocycles. The van der Waals surface area contributed by atoms with Crippen LogP contribution in [0, 0.1) is 13.8 Å². The molecule has 1 unspecified atom stereocenters. The zero-order chi connectivity index (χ0) is 10.1. The number of rotatable bonds is 2. The second kappa shape index (κ2) is 3.76. The monoisotopic (exact) mass is 226 g/mol. The molecule has 2 rings (SSSR count). The van der Waals surface area contributed by atoms with Gasteiger partial charge >= 0.3 is 0 Å². The summed E-state index contributed by atoms with van der Waals surface area (Å²) in [5, 5.41) is 15.9. The Hall–Kier alpha value is -0.780. The van der Waals surface area contributed by atoms with Crippen LogP contribution in [0.25, 0.3) is 0 Å². The van der Waals surface area contributed by atoms with Gasteiger partial charge in [0.05, 0.1) is 10.6 Å². The van der Waals surface area contributed by atoms with Crippen molar-refractivity contribution in [3.05, 3.63) is 32.5 Å². The van der Waals surface area contributed by atoms with Gasteiger partial charge in [0.15, 0.2) is 0 Å². The Labute approximate surface area is 90.2 Å². The molecule has 14 heavy (non-hydrogen) atoms. The molecule has 0 saturated carbocycles. The Balaban J connectivity index is 2.38. The van der Waals surface area contributed by atoms with Gasteiger partial charge in [-0.15, -0.1) is 16.4 Å². The molecule has 2 aromatic rings. The van der Waals surface area contributed by atoms with Crippen LogP contribution in [0.2, 0.25) is 0 Å². The van der Waals surface area contributed by atoms with Gasteiger partial charge in [-0.05, 0) is 42.4 Å². The largest absolute Gasteiger partial charge is 0.383 e. The maximum Gasteiger partial charge on any atom is 0.118 e. The van der Waals surface area contributed by atoms with E-state index in [1.165, 1.54) is 11.5 Å². The fraction of sp³-hybridized carbons (Fsp3) is 0.333. The highest BCUT2D eigenvalue weighted by Gasteiger charge is 2.18. The third-order valence-corrected chi connectivity index (χ3v) is 3.87. The Morgan fingerprint density at radius 1 is 1.43 bits per heavy atom. The zero-order valence-corrected chi connectivity index (χ0v) is 9.52. The van der Waals surface area contributed by atoms with Crippen LogP contribution in [0.15, 0.2) is 11.4 Å². The number of hydrogen-bond donors (Lipinski definition) is 1. The lowest BCUT2D eigenvalue weighted by Crippen LogP contribution is -1.98. The van der Waals surface area contributed by atoms with Crippen molar-refractivity contribution in [3.63, 3.8) is 0 Å². The molecule has 0 aliphatic carbocycles. The van der Waals surface area contributed by atoms with Gasteiger partial charge in [-0.2, -0.15) is 0 Å². The minimum absolute atomic E-state index is 0.568. The minimum atomic E-state index is -0.568. The van der Waals surface area contributed by atoms with E-state index >= 15 is 0 Å². The summed E-state index contributed by atoms with van der Waals surface area (Å²) in [7, 11) is 0. The molecule has 1 atom stereocenters. The molecule has 0 amide bonds. The maximum atomic E-state index is 10.1. The highest BCUT2D eigenvalue weighted by molar-refractivity contribution is 7.10. The van der Waals surface area contributed by atoms with Crippen LogP contribution in [0.5, 0.6) is 0 Å². The van der Waals surface area contributed by atoms with E-state index in [9.17, 15) is 5.11 Å². The van der Waals surface area contributed by atoms with E-state index in [2.05, 4.69) is 9.59 Å². The van der Waals surface area contributed by atoms with E-state index in [1.807, 2.05) is 25.3 Å².